The molecule has 0 bridgehead atoms. The number of aromatic nitrogens is 3. The quantitative estimate of drug-likeness (QED) is 0.433. The maximum Gasteiger partial charge on any atom is 0.236 e. The van der Waals surface area contributed by atoms with Gasteiger partial charge in [-0.3, -0.25) is 9.36 Å². The van der Waals surface area contributed by atoms with E-state index >= 15 is 0 Å². The van der Waals surface area contributed by atoms with Crippen LogP contribution in [0.4, 0.5) is 0 Å². The lowest BCUT2D eigenvalue weighted by Crippen LogP contribution is -2.40. The average Bonchev–Trinajstić information content (AvgIpc) is 3.49. The van der Waals surface area contributed by atoms with Gasteiger partial charge < -0.3 is 9.32 Å². The number of hydrogen-bond donors (Lipinski definition) is 0. The Hall–Kier alpha value is -3.32. The Balaban J connectivity index is 1.40. The summed E-state index contributed by atoms with van der Waals surface area (Å²) in [6, 6.07) is 21.9. The van der Waals surface area contributed by atoms with Gasteiger partial charge in [-0.25, -0.2) is 0 Å². The minimum Gasteiger partial charge on any atom is -0.461 e. The van der Waals surface area contributed by atoms with Crippen molar-refractivity contribution in [3.63, 3.8) is 0 Å². The third-order valence-electron chi connectivity index (χ3n) is 5.46. The third-order valence-corrected chi connectivity index (χ3v) is 6.49. The molecule has 156 valence electrons. The Labute approximate surface area is 184 Å². The van der Waals surface area contributed by atoms with E-state index in [1.54, 1.807) is 6.26 Å². The topological polar surface area (TPSA) is 64.2 Å². The van der Waals surface area contributed by atoms with E-state index in [2.05, 4.69) is 28.4 Å². The zero-order chi connectivity index (χ0) is 21.2. The van der Waals surface area contributed by atoms with E-state index in [1.165, 1.54) is 22.9 Å². The molecular formula is C24H22N4O2S. The summed E-state index contributed by atoms with van der Waals surface area (Å²) in [6.07, 6.45) is 2.51. The van der Waals surface area contributed by atoms with Crippen LogP contribution in [0.3, 0.4) is 0 Å². The van der Waals surface area contributed by atoms with E-state index in [4.69, 9.17) is 4.42 Å². The molecule has 1 atom stereocenters. The van der Waals surface area contributed by atoms with Gasteiger partial charge >= 0.3 is 0 Å². The number of carbonyl (C=O) groups excluding carboxylic acids is 1. The highest BCUT2D eigenvalue weighted by molar-refractivity contribution is 8.00. The van der Waals surface area contributed by atoms with Crippen molar-refractivity contribution in [3.8, 4) is 17.3 Å². The first-order valence-electron chi connectivity index (χ1n) is 10.3. The molecule has 2 aromatic carbocycles. The molecule has 1 aliphatic rings. The number of hydrogen-bond acceptors (Lipinski definition) is 5. The number of para-hydroxylation sites is 1. The number of benzene rings is 2. The zero-order valence-electron chi connectivity index (χ0n) is 17.1. The van der Waals surface area contributed by atoms with Crippen LogP contribution < -0.4 is 0 Å². The summed E-state index contributed by atoms with van der Waals surface area (Å²) in [6.45, 7) is 3.33. The van der Waals surface area contributed by atoms with Gasteiger partial charge in [0.15, 0.2) is 10.9 Å². The van der Waals surface area contributed by atoms with Gasteiger partial charge in [-0.1, -0.05) is 54.2 Å². The first-order valence-corrected chi connectivity index (χ1v) is 11.2. The van der Waals surface area contributed by atoms with Gasteiger partial charge in [-0.2, -0.15) is 0 Å². The molecule has 0 N–H and O–H groups in total. The van der Waals surface area contributed by atoms with Crippen LogP contribution in [-0.4, -0.2) is 37.4 Å². The van der Waals surface area contributed by atoms with Gasteiger partial charge in [0.25, 0.3) is 0 Å². The number of thioether (sulfide) groups is 1. The average molecular weight is 431 g/mol. The van der Waals surface area contributed by atoms with E-state index in [0.717, 1.165) is 18.7 Å². The number of furan rings is 1. The predicted octanol–water partition coefficient (Wildman–Crippen LogP) is 4.59. The SMILES string of the molecule is CC(Sc1nnc(-c2ccco2)n1-c1ccccc1)C(=O)N1CCc2ccccc2C1. The first kappa shape index (κ1) is 19.6. The number of carbonyl (C=O) groups is 1. The standard InChI is InChI=1S/C24H22N4O2S/c1-17(23(29)27-14-13-18-8-5-6-9-19(18)16-27)31-24-26-25-22(21-12-7-15-30-21)28(24)20-10-3-2-4-11-20/h2-12,15,17H,13-14,16H2,1H3. The second-order valence-electron chi connectivity index (χ2n) is 7.49. The monoisotopic (exact) mass is 430 g/mol. The van der Waals surface area contributed by atoms with Crippen molar-refractivity contribution < 1.29 is 9.21 Å². The molecule has 4 aromatic rings. The molecule has 0 spiro atoms. The Bertz CT molecular complexity index is 1190. The molecular weight excluding hydrogens is 408 g/mol. The molecule has 5 rings (SSSR count). The Morgan fingerprint density at radius 1 is 1.00 bits per heavy atom. The van der Waals surface area contributed by atoms with Gasteiger partial charge in [0.1, 0.15) is 0 Å². The van der Waals surface area contributed by atoms with E-state index in [1.807, 2.05) is 64.9 Å². The summed E-state index contributed by atoms with van der Waals surface area (Å²) in [7, 11) is 0. The van der Waals surface area contributed by atoms with Crippen molar-refractivity contribution in [1.29, 1.82) is 0 Å². The number of fused-ring (bicyclic) bond motifs is 1. The van der Waals surface area contributed by atoms with Crippen LogP contribution in [0.15, 0.2) is 82.6 Å². The second-order valence-corrected chi connectivity index (χ2v) is 8.80. The minimum atomic E-state index is -0.290. The van der Waals surface area contributed by atoms with Crippen LogP contribution in [-0.2, 0) is 17.8 Å². The summed E-state index contributed by atoms with van der Waals surface area (Å²) in [5, 5.41) is 9.13. The molecule has 31 heavy (non-hydrogen) atoms. The van der Waals surface area contributed by atoms with Gasteiger partial charge in [0.2, 0.25) is 11.7 Å². The molecule has 0 saturated carbocycles. The molecule has 6 nitrogen and oxygen atoms in total. The van der Waals surface area contributed by atoms with Crippen LogP contribution in [0.1, 0.15) is 18.1 Å². The second kappa shape index (κ2) is 8.43. The molecule has 1 amide bonds. The summed E-state index contributed by atoms with van der Waals surface area (Å²) < 4.78 is 7.51. The fraction of sp³-hybridized carbons (Fsp3) is 0.208. The van der Waals surface area contributed by atoms with Crippen molar-refractivity contribution >= 4 is 17.7 Å². The Morgan fingerprint density at radius 2 is 1.77 bits per heavy atom. The first-order chi connectivity index (χ1) is 15.2. The van der Waals surface area contributed by atoms with Gasteiger partial charge in [-0.15, -0.1) is 10.2 Å². The van der Waals surface area contributed by atoms with E-state index in [9.17, 15) is 4.79 Å². The molecule has 0 aliphatic carbocycles. The molecule has 3 heterocycles. The fourth-order valence-electron chi connectivity index (χ4n) is 3.87. The van der Waals surface area contributed by atoms with Crippen LogP contribution >= 0.6 is 11.8 Å². The maximum atomic E-state index is 13.2. The highest BCUT2D eigenvalue weighted by atomic mass is 32.2. The highest BCUT2D eigenvalue weighted by Crippen LogP contribution is 2.31. The molecule has 1 aliphatic heterocycles. The number of rotatable bonds is 5. The molecule has 0 fully saturated rings. The number of nitrogens with zero attached hydrogens (tertiary/aromatic N) is 4. The molecule has 7 heteroatoms. The summed E-state index contributed by atoms with van der Waals surface area (Å²) in [5.74, 6) is 1.36. The van der Waals surface area contributed by atoms with Crippen LogP contribution in [0, 0.1) is 0 Å². The predicted molar refractivity (Wildman–Crippen MR) is 120 cm³/mol. The van der Waals surface area contributed by atoms with Gasteiger partial charge in [0, 0.05) is 18.8 Å². The van der Waals surface area contributed by atoms with Crippen LogP contribution in [0.2, 0.25) is 0 Å². The molecule has 2 aromatic heterocycles. The smallest absolute Gasteiger partial charge is 0.236 e. The molecule has 1 unspecified atom stereocenters. The van der Waals surface area contributed by atoms with Crippen molar-refractivity contribution in [1.82, 2.24) is 19.7 Å². The summed E-state index contributed by atoms with van der Waals surface area (Å²) in [4.78, 5) is 15.2. The van der Waals surface area contributed by atoms with Crippen LogP contribution in [0.25, 0.3) is 17.3 Å². The number of amides is 1. The maximum absolute atomic E-state index is 13.2. The summed E-state index contributed by atoms with van der Waals surface area (Å²) in [5.41, 5.74) is 3.48. The third kappa shape index (κ3) is 3.88. The zero-order valence-corrected chi connectivity index (χ0v) is 18.0. The van der Waals surface area contributed by atoms with Crippen molar-refractivity contribution in [3.05, 3.63) is 84.1 Å². The largest absolute Gasteiger partial charge is 0.461 e. The van der Waals surface area contributed by atoms with Gasteiger partial charge in [0.05, 0.1) is 11.5 Å². The summed E-state index contributed by atoms with van der Waals surface area (Å²) >= 11 is 1.42. The molecule has 0 radical (unpaired) electrons. The van der Waals surface area contributed by atoms with E-state index < -0.39 is 0 Å². The van der Waals surface area contributed by atoms with Crippen molar-refractivity contribution in [2.24, 2.45) is 0 Å². The van der Waals surface area contributed by atoms with Crippen molar-refractivity contribution in [2.75, 3.05) is 6.54 Å². The highest BCUT2D eigenvalue weighted by Gasteiger charge is 2.28. The lowest BCUT2D eigenvalue weighted by atomic mass is 10.00. The van der Waals surface area contributed by atoms with Crippen molar-refractivity contribution in [2.45, 2.75) is 30.3 Å². The lowest BCUT2D eigenvalue weighted by Gasteiger charge is -2.30. The fourth-order valence-corrected chi connectivity index (χ4v) is 4.82. The molecule has 0 saturated heterocycles. The van der Waals surface area contributed by atoms with E-state index in [0.29, 0.717) is 23.3 Å². The lowest BCUT2D eigenvalue weighted by molar-refractivity contribution is -0.131. The minimum absolute atomic E-state index is 0.113. The normalized spacial score (nSPS) is 14.3. The van der Waals surface area contributed by atoms with Gasteiger partial charge in [-0.05, 0) is 48.7 Å². The van der Waals surface area contributed by atoms with E-state index in [-0.39, 0.29) is 11.2 Å². The Morgan fingerprint density at radius 3 is 2.55 bits per heavy atom. The Kier molecular flexibility index (Phi) is 5.34. The van der Waals surface area contributed by atoms with Crippen LogP contribution in [0.5, 0.6) is 0 Å².